The third kappa shape index (κ3) is 8.59. The van der Waals surface area contributed by atoms with Crippen molar-refractivity contribution in [2.75, 3.05) is 56.7 Å². The topological polar surface area (TPSA) is 135 Å². The number of nitrogens with one attached hydrogen (secondary N) is 2. The van der Waals surface area contributed by atoms with Gasteiger partial charge in [-0.2, -0.15) is 22.0 Å². The maximum absolute atomic E-state index is 14.4. The molecule has 0 atom stereocenters. The van der Waals surface area contributed by atoms with Crippen LogP contribution < -0.4 is 49.8 Å². The number of imidazole rings is 1. The molecule has 1 aliphatic heterocycles. The number of hydrogen-bond acceptors (Lipinski definition) is 10. The number of carbonyl (C=O) groups is 1. The van der Waals surface area contributed by atoms with E-state index in [0.29, 0.717) is 73.7 Å². The van der Waals surface area contributed by atoms with E-state index in [2.05, 4.69) is 30.2 Å². The molecule has 1 saturated carbocycles. The van der Waals surface area contributed by atoms with Gasteiger partial charge in [-0.1, -0.05) is 6.42 Å². The van der Waals surface area contributed by atoms with Crippen LogP contribution in [-0.2, 0) is 15.7 Å². The van der Waals surface area contributed by atoms with Gasteiger partial charge in [0, 0.05) is 50.8 Å². The second-order valence-corrected chi connectivity index (χ2v) is 13.1. The number of fused-ring (bicyclic) bond motifs is 1. The first kappa shape index (κ1) is 38.7. The van der Waals surface area contributed by atoms with Crippen molar-refractivity contribution in [1.29, 1.82) is 0 Å². The molecule has 0 unspecified atom stereocenters. The fourth-order valence-electron chi connectivity index (χ4n) is 6.63. The summed E-state index contributed by atoms with van der Waals surface area (Å²) in [6.07, 6.45) is 2.20. The van der Waals surface area contributed by atoms with E-state index in [4.69, 9.17) is 4.74 Å². The Labute approximate surface area is 311 Å². The molecule has 1 saturated heterocycles. The predicted molar refractivity (Wildman–Crippen MR) is 170 cm³/mol. The summed E-state index contributed by atoms with van der Waals surface area (Å²) in [6, 6.07) is 3.62. The third-order valence-corrected chi connectivity index (χ3v) is 9.42. The van der Waals surface area contributed by atoms with Gasteiger partial charge in [0.2, 0.25) is 0 Å². The second-order valence-electron chi connectivity index (χ2n) is 13.1. The number of carboxylic acid groups (broad SMARTS) is 1. The summed E-state index contributed by atoms with van der Waals surface area (Å²) in [5, 5.41) is 13.2. The van der Waals surface area contributed by atoms with Crippen LogP contribution in [0.5, 0.6) is 0 Å². The van der Waals surface area contributed by atoms with E-state index in [9.17, 15) is 36.2 Å². The van der Waals surface area contributed by atoms with Crippen LogP contribution in [0.1, 0.15) is 37.7 Å². The number of carbonyl (C=O) groups excluding carboxylic acids is 1. The minimum Gasteiger partial charge on any atom is -0.544 e. The Hall–Kier alpha value is -3.51. The number of carboxylic acids is 1. The van der Waals surface area contributed by atoms with E-state index in [0.717, 1.165) is 31.4 Å². The number of benzene rings is 1. The van der Waals surface area contributed by atoms with Crippen molar-refractivity contribution in [3.63, 3.8) is 0 Å². The van der Waals surface area contributed by atoms with Gasteiger partial charge in [-0.15, -0.1) is 0 Å². The van der Waals surface area contributed by atoms with Gasteiger partial charge in [0.05, 0.1) is 42.5 Å². The number of anilines is 2. The van der Waals surface area contributed by atoms with Crippen molar-refractivity contribution >= 4 is 28.6 Å². The summed E-state index contributed by atoms with van der Waals surface area (Å²) in [6.45, 7) is 1.06. The molecular weight excluding hydrogens is 693 g/mol. The Kier molecular flexibility index (Phi) is 11.6. The van der Waals surface area contributed by atoms with Crippen LogP contribution in [0.15, 0.2) is 36.7 Å². The number of hydrogen-bond donors (Lipinski definition) is 2. The second kappa shape index (κ2) is 15.2. The maximum Gasteiger partial charge on any atom is 1.00 e. The van der Waals surface area contributed by atoms with Gasteiger partial charge in [-0.3, -0.25) is 0 Å². The molecule has 3 aromatic heterocycles. The van der Waals surface area contributed by atoms with Crippen molar-refractivity contribution in [3.05, 3.63) is 48.0 Å². The number of aromatic nitrogens is 5. The molecule has 18 heteroatoms. The minimum atomic E-state index is -4.76. The first-order valence-electron chi connectivity index (χ1n) is 16.1. The van der Waals surface area contributed by atoms with Crippen LogP contribution in [0, 0.1) is 11.2 Å². The van der Waals surface area contributed by atoms with Gasteiger partial charge in [0.15, 0.2) is 11.5 Å². The number of piperidine rings is 1. The molecule has 0 spiro atoms. The normalized spacial score (nSPS) is 16.5. The third-order valence-electron chi connectivity index (χ3n) is 9.42. The van der Waals surface area contributed by atoms with Crippen LogP contribution >= 0.6 is 0 Å². The van der Waals surface area contributed by atoms with E-state index in [1.54, 1.807) is 19.4 Å². The average Bonchev–Trinajstić information content (AvgIpc) is 3.50. The zero-order valence-corrected chi connectivity index (χ0v) is 30.3. The van der Waals surface area contributed by atoms with Crippen LogP contribution in [-0.4, -0.2) is 89.8 Å². The van der Waals surface area contributed by atoms with Crippen LogP contribution in [0.25, 0.3) is 33.9 Å². The number of aliphatic carboxylic acids is 1. The molecule has 1 aliphatic carbocycles. The molecule has 2 aliphatic rings. The van der Waals surface area contributed by atoms with E-state index < -0.39 is 36.0 Å². The van der Waals surface area contributed by atoms with Gasteiger partial charge < -0.3 is 34.7 Å². The largest absolute Gasteiger partial charge is 1.00 e. The SMILES string of the molecule is COCC1(CN(C)c2cc(-c3cc(F)cc(C(F)(F)F)c3)nc3nc(-c4cnc(N5CCC(NCC(F)(F)C(=O)[O-])CC5)cn4)[nH]c23)CCC1.[Na+]. The van der Waals surface area contributed by atoms with Crippen LogP contribution in [0.3, 0.4) is 0 Å². The van der Waals surface area contributed by atoms with E-state index >= 15 is 0 Å². The average molecular weight is 729 g/mol. The number of ether oxygens (including phenoxy) is 1. The number of H-pyrrole nitrogens is 1. The number of methoxy groups -OCH3 is 1. The van der Waals surface area contributed by atoms with E-state index in [1.165, 1.54) is 6.20 Å². The Balaban J connectivity index is 0.00000504. The summed E-state index contributed by atoms with van der Waals surface area (Å²) >= 11 is 0. The molecule has 51 heavy (non-hydrogen) atoms. The van der Waals surface area contributed by atoms with Gasteiger partial charge in [-0.25, -0.2) is 24.3 Å². The maximum atomic E-state index is 14.4. The number of aromatic amines is 1. The molecule has 2 fully saturated rings. The van der Waals surface area contributed by atoms with Crippen molar-refractivity contribution in [3.8, 4) is 22.8 Å². The van der Waals surface area contributed by atoms with E-state index in [1.807, 2.05) is 16.8 Å². The molecule has 2 N–H and O–H groups in total. The molecule has 1 aromatic carbocycles. The zero-order chi connectivity index (χ0) is 35.8. The molecule has 6 rings (SSSR count). The summed E-state index contributed by atoms with van der Waals surface area (Å²) in [4.78, 5) is 35.9. The van der Waals surface area contributed by atoms with Crippen molar-refractivity contribution in [2.24, 2.45) is 5.41 Å². The predicted octanol–water partition coefficient (Wildman–Crippen LogP) is 1.44. The molecule has 268 valence electrons. The number of rotatable bonds is 12. The fourth-order valence-corrected chi connectivity index (χ4v) is 6.63. The van der Waals surface area contributed by atoms with Gasteiger partial charge in [0.25, 0.3) is 5.92 Å². The van der Waals surface area contributed by atoms with Crippen molar-refractivity contribution in [1.82, 2.24) is 30.2 Å². The standard InChI is InChI=1S/C33H36F6N8O3.Na/c1-46(17-31(18-50-2)6-3-7-31)25-13-23(19-10-20(33(37,38)39)12-21(34)11-19)43-29-27(25)44-28(45-29)24-14-41-26(15-40-24)47-8-4-22(5-9-47)42-16-32(35,36)30(48)49;/h10-15,22,42H,3-9,16-18H2,1-2H3,(H,48,49)(H,43,44,45);/q;+1/p-1. The minimum absolute atomic E-state index is 0. The zero-order valence-electron chi connectivity index (χ0n) is 28.3. The van der Waals surface area contributed by atoms with Crippen LogP contribution in [0.4, 0.5) is 37.8 Å². The smallest absolute Gasteiger partial charge is 0.544 e. The van der Waals surface area contributed by atoms with Crippen molar-refractivity contribution < 1.29 is 70.5 Å². The molecule has 0 amide bonds. The summed E-state index contributed by atoms with van der Waals surface area (Å²) in [5.41, 5.74) is 0.492. The summed E-state index contributed by atoms with van der Waals surface area (Å²) in [7, 11) is 3.51. The first-order chi connectivity index (χ1) is 23.7. The Bertz CT molecular complexity index is 1850. The summed E-state index contributed by atoms with van der Waals surface area (Å²) in [5.74, 6) is -6.57. The molecular formula is C33H35F6N8NaO3. The number of pyridine rings is 1. The molecule has 4 aromatic rings. The summed E-state index contributed by atoms with van der Waals surface area (Å²) < 4.78 is 87.5. The van der Waals surface area contributed by atoms with Crippen molar-refractivity contribution in [2.45, 2.75) is 50.2 Å². The Morgan fingerprint density at radius 1 is 1.08 bits per heavy atom. The van der Waals surface area contributed by atoms with Gasteiger partial charge in [-0.05, 0) is 49.9 Å². The molecule has 4 heterocycles. The fraction of sp³-hybridized carbons (Fsp3) is 0.485. The van der Waals surface area contributed by atoms with Gasteiger partial charge in [0.1, 0.15) is 28.8 Å². The van der Waals surface area contributed by atoms with Gasteiger partial charge >= 0.3 is 35.7 Å². The van der Waals surface area contributed by atoms with E-state index in [-0.39, 0.29) is 57.9 Å². The monoisotopic (exact) mass is 728 g/mol. The molecule has 0 bridgehead atoms. The Morgan fingerprint density at radius 2 is 1.80 bits per heavy atom. The first-order valence-corrected chi connectivity index (χ1v) is 16.1. The number of alkyl halides is 5. The quantitative estimate of drug-likeness (QED) is 0.163. The Morgan fingerprint density at radius 3 is 2.39 bits per heavy atom. The van der Waals surface area contributed by atoms with Crippen LogP contribution in [0.2, 0.25) is 0 Å². The molecule has 11 nitrogen and oxygen atoms in total. The number of nitrogens with zero attached hydrogens (tertiary/aromatic N) is 6. The number of halogens is 6. The molecule has 0 radical (unpaired) electrons.